The van der Waals surface area contributed by atoms with E-state index in [1.165, 1.54) is 11.3 Å². The SMILES string of the molecule is O=C(Nc1ccc(Nc2ccc(Oc3ccccc3)cc2)nc1)c1cccs1. The zero-order chi connectivity index (χ0) is 19.2. The van der Waals surface area contributed by atoms with Crippen molar-refractivity contribution in [3.05, 3.63) is 95.3 Å². The number of nitrogens with one attached hydrogen (secondary N) is 2. The third-order valence-corrected chi connectivity index (χ3v) is 4.74. The molecule has 2 aromatic heterocycles. The Hall–Kier alpha value is -3.64. The van der Waals surface area contributed by atoms with Crippen LogP contribution in [0.25, 0.3) is 0 Å². The highest BCUT2D eigenvalue weighted by Crippen LogP contribution is 2.24. The Morgan fingerprint density at radius 2 is 1.57 bits per heavy atom. The van der Waals surface area contributed by atoms with Gasteiger partial charge in [0.2, 0.25) is 0 Å². The summed E-state index contributed by atoms with van der Waals surface area (Å²) in [5.41, 5.74) is 1.54. The second-order valence-corrected chi connectivity index (χ2v) is 6.88. The maximum absolute atomic E-state index is 12.1. The van der Waals surface area contributed by atoms with Crippen molar-refractivity contribution in [3.63, 3.8) is 0 Å². The molecule has 0 unspecified atom stereocenters. The van der Waals surface area contributed by atoms with Crippen molar-refractivity contribution in [2.24, 2.45) is 0 Å². The fourth-order valence-corrected chi connectivity index (χ4v) is 3.14. The Kier molecular flexibility index (Phi) is 5.31. The molecule has 2 heterocycles. The molecule has 0 aliphatic heterocycles. The quantitative estimate of drug-likeness (QED) is 0.430. The zero-order valence-electron chi connectivity index (χ0n) is 14.8. The summed E-state index contributed by atoms with van der Waals surface area (Å²) in [4.78, 5) is 17.1. The van der Waals surface area contributed by atoms with Crippen LogP contribution in [0.5, 0.6) is 11.5 Å². The van der Waals surface area contributed by atoms with E-state index in [1.807, 2.05) is 78.2 Å². The van der Waals surface area contributed by atoms with Crippen LogP contribution in [0.4, 0.5) is 17.2 Å². The first-order valence-electron chi connectivity index (χ1n) is 8.67. The number of carbonyl (C=O) groups is 1. The minimum Gasteiger partial charge on any atom is -0.457 e. The van der Waals surface area contributed by atoms with E-state index in [0.29, 0.717) is 16.4 Å². The first-order valence-corrected chi connectivity index (χ1v) is 9.55. The monoisotopic (exact) mass is 387 g/mol. The molecule has 6 heteroatoms. The van der Waals surface area contributed by atoms with Gasteiger partial charge in [-0.3, -0.25) is 4.79 Å². The van der Waals surface area contributed by atoms with Crippen molar-refractivity contribution in [2.75, 3.05) is 10.6 Å². The van der Waals surface area contributed by atoms with Crippen molar-refractivity contribution >= 4 is 34.4 Å². The topological polar surface area (TPSA) is 63.2 Å². The Labute approximate surface area is 166 Å². The second-order valence-electron chi connectivity index (χ2n) is 5.93. The van der Waals surface area contributed by atoms with Crippen LogP contribution in [-0.2, 0) is 0 Å². The predicted octanol–water partition coefficient (Wildman–Crippen LogP) is 5.93. The van der Waals surface area contributed by atoms with Gasteiger partial charge in [0.1, 0.15) is 17.3 Å². The first kappa shape index (κ1) is 17.8. The number of hydrogen-bond acceptors (Lipinski definition) is 5. The second kappa shape index (κ2) is 8.37. The molecule has 5 nitrogen and oxygen atoms in total. The molecule has 2 aromatic carbocycles. The lowest BCUT2D eigenvalue weighted by atomic mass is 10.3. The molecule has 4 rings (SSSR count). The number of carbonyl (C=O) groups excluding carboxylic acids is 1. The van der Waals surface area contributed by atoms with Crippen LogP contribution in [-0.4, -0.2) is 10.9 Å². The Morgan fingerprint density at radius 1 is 0.821 bits per heavy atom. The van der Waals surface area contributed by atoms with E-state index in [0.717, 1.165) is 17.2 Å². The van der Waals surface area contributed by atoms with Gasteiger partial charge in [0.15, 0.2) is 0 Å². The number of para-hydroxylation sites is 1. The van der Waals surface area contributed by atoms with Gasteiger partial charge in [0.25, 0.3) is 5.91 Å². The van der Waals surface area contributed by atoms with Gasteiger partial charge in [-0.1, -0.05) is 24.3 Å². The summed E-state index contributed by atoms with van der Waals surface area (Å²) in [5, 5.41) is 7.93. The summed E-state index contributed by atoms with van der Waals surface area (Å²) in [6.07, 6.45) is 1.63. The normalized spacial score (nSPS) is 10.3. The highest BCUT2D eigenvalue weighted by molar-refractivity contribution is 7.12. The molecule has 138 valence electrons. The molecule has 0 aliphatic carbocycles. The number of aromatic nitrogens is 1. The number of nitrogens with zero attached hydrogens (tertiary/aromatic N) is 1. The number of rotatable bonds is 6. The van der Waals surface area contributed by atoms with Crippen molar-refractivity contribution in [2.45, 2.75) is 0 Å². The van der Waals surface area contributed by atoms with Crippen molar-refractivity contribution in [3.8, 4) is 11.5 Å². The molecule has 28 heavy (non-hydrogen) atoms. The van der Waals surface area contributed by atoms with E-state index in [2.05, 4.69) is 15.6 Å². The molecule has 0 radical (unpaired) electrons. The van der Waals surface area contributed by atoms with Crippen LogP contribution >= 0.6 is 11.3 Å². The lowest BCUT2D eigenvalue weighted by molar-refractivity contribution is 0.103. The largest absolute Gasteiger partial charge is 0.457 e. The molecule has 4 aromatic rings. The minimum atomic E-state index is -0.133. The molecule has 0 bridgehead atoms. The molecule has 0 spiro atoms. The molecule has 0 saturated heterocycles. The lowest BCUT2D eigenvalue weighted by Gasteiger charge is -2.09. The van der Waals surface area contributed by atoms with Crippen molar-refractivity contribution in [1.82, 2.24) is 4.98 Å². The maximum Gasteiger partial charge on any atom is 0.265 e. The van der Waals surface area contributed by atoms with Gasteiger partial charge in [-0.05, 0) is 60.0 Å². The van der Waals surface area contributed by atoms with Crippen LogP contribution in [0.3, 0.4) is 0 Å². The molecule has 0 aliphatic rings. The van der Waals surface area contributed by atoms with E-state index in [4.69, 9.17) is 4.74 Å². The lowest BCUT2D eigenvalue weighted by Crippen LogP contribution is -2.10. The zero-order valence-corrected chi connectivity index (χ0v) is 15.6. The number of benzene rings is 2. The van der Waals surface area contributed by atoms with E-state index in [-0.39, 0.29) is 5.91 Å². The van der Waals surface area contributed by atoms with Gasteiger partial charge in [-0.25, -0.2) is 4.98 Å². The van der Waals surface area contributed by atoms with Crippen LogP contribution in [0, 0.1) is 0 Å². The van der Waals surface area contributed by atoms with E-state index in [1.54, 1.807) is 12.3 Å². The Bertz CT molecular complexity index is 1030. The number of pyridine rings is 1. The maximum atomic E-state index is 12.1. The van der Waals surface area contributed by atoms with Gasteiger partial charge in [0, 0.05) is 5.69 Å². The number of ether oxygens (including phenoxy) is 1. The van der Waals surface area contributed by atoms with E-state index < -0.39 is 0 Å². The van der Waals surface area contributed by atoms with E-state index in [9.17, 15) is 4.79 Å². The molecular weight excluding hydrogens is 370 g/mol. The van der Waals surface area contributed by atoms with Crippen molar-refractivity contribution < 1.29 is 9.53 Å². The summed E-state index contributed by atoms with van der Waals surface area (Å²) in [7, 11) is 0. The van der Waals surface area contributed by atoms with Crippen molar-refractivity contribution in [1.29, 1.82) is 0 Å². The number of hydrogen-bond donors (Lipinski definition) is 2. The van der Waals surface area contributed by atoms with Gasteiger partial charge < -0.3 is 15.4 Å². The average molecular weight is 387 g/mol. The fourth-order valence-electron chi connectivity index (χ4n) is 2.52. The smallest absolute Gasteiger partial charge is 0.265 e. The summed E-state index contributed by atoms with van der Waals surface area (Å²) in [6.45, 7) is 0. The Balaban J connectivity index is 1.35. The predicted molar refractivity (Wildman–Crippen MR) is 113 cm³/mol. The van der Waals surface area contributed by atoms with Crippen LogP contribution in [0.1, 0.15) is 9.67 Å². The minimum absolute atomic E-state index is 0.133. The Morgan fingerprint density at radius 3 is 2.25 bits per heavy atom. The summed E-state index contributed by atoms with van der Waals surface area (Å²) >= 11 is 1.40. The molecule has 0 saturated carbocycles. The summed E-state index contributed by atoms with van der Waals surface area (Å²) < 4.78 is 5.78. The molecule has 2 N–H and O–H groups in total. The van der Waals surface area contributed by atoms with Crippen LogP contribution < -0.4 is 15.4 Å². The number of amides is 1. The first-order chi connectivity index (χ1) is 13.8. The van der Waals surface area contributed by atoms with E-state index >= 15 is 0 Å². The van der Waals surface area contributed by atoms with Gasteiger partial charge in [-0.2, -0.15) is 0 Å². The summed E-state index contributed by atoms with van der Waals surface area (Å²) in [6, 6.07) is 24.5. The highest BCUT2D eigenvalue weighted by atomic mass is 32.1. The third-order valence-electron chi connectivity index (χ3n) is 3.87. The van der Waals surface area contributed by atoms with Gasteiger partial charge >= 0.3 is 0 Å². The summed E-state index contributed by atoms with van der Waals surface area (Å²) in [5.74, 6) is 2.11. The highest BCUT2D eigenvalue weighted by Gasteiger charge is 2.07. The fraction of sp³-hybridized carbons (Fsp3) is 0. The number of thiophene rings is 1. The third kappa shape index (κ3) is 4.55. The standard InChI is InChI=1S/C22H17N3O2S/c26-22(20-7-4-14-28-20)25-17-10-13-21(23-15-17)24-16-8-11-19(12-9-16)27-18-5-2-1-3-6-18/h1-15H,(H,23,24)(H,25,26). The average Bonchev–Trinajstić information content (AvgIpc) is 3.27. The molecular formula is C22H17N3O2S. The van der Waals surface area contributed by atoms with Crippen LogP contribution in [0.15, 0.2) is 90.4 Å². The molecule has 0 atom stereocenters. The van der Waals surface area contributed by atoms with Gasteiger partial charge in [0.05, 0.1) is 16.8 Å². The van der Waals surface area contributed by atoms with Gasteiger partial charge in [-0.15, -0.1) is 11.3 Å². The molecule has 1 amide bonds. The number of anilines is 3. The molecule has 0 fully saturated rings. The van der Waals surface area contributed by atoms with Crippen LogP contribution in [0.2, 0.25) is 0 Å².